The van der Waals surface area contributed by atoms with Crippen LogP contribution < -0.4 is 9.80 Å². The van der Waals surface area contributed by atoms with Gasteiger partial charge in [-0.15, -0.1) is 0 Å². The SMILES string of the molecule is c1ccc(-c2cc3c4ccc(N(c5ccccc5)c5ccc(-c6ccc7ccccc7c6)cc5)cc4c4ccccc4c3cc2-c2ccc(N(c3ccccc3)c3ccc(-c4ccc5ccccc5c4)cc3)cc2)cc1. The van der Waals surface area contributed by atoms with Gasteiger partial charge >= 0.3 is 0 Å². The van der Waals surface area contributed by atoms with Crippen LogP contribution in [0.15, 0.2) is 303 Å². The molecule has 356 valence electrons. The van der Waals surface area contributed by atoms with Gasteiger partial charge in [0.1, 0.15) is 0 Å². The Morgan fingerprint density at radius 1 is 0.158 bits per heavy atom. The van der Waals surface area contributed by atoms with Crippen LogP contribution in [0.3, 0.4) is 0 Å². The molecule has 0 aliphatic rings. The Labute approximate surface area is 443 Å². The summed E-state index contributed by atoms with van der Waals surface area (Å²) in [4.78, 5) is 4.73. The largest absolute Gasteiger partial charge is 0.311 e. The van der Waals surface area contributed by atoms with Crippen LogP contribution in [0, 0.1) is 0 Å². The summed E-state index contributed by atoms with van der Waals surface area (Å²) >= 11 is 0. The molecule has 14 rings (SSSR count). The van der Waals surface area contributed by atoms with Gasteiger partial charge < -0.3 is 9.80 Å². The van der Waals surface area contributed by atoms with Gasteiger partial charge in [-0.25, -0.2) is 0 Å². The molecule has 0 fully saturated rings. The van der Waals surface area contributed by atoms with Crippen LogP contribution in [0.1, 0.15) is 0 Å². The van der Waals surface area contributed by atoms with E-state index in [1.54, 1.807) is 0 Å². The molecule has 2 nitrogen and oxygen atoms in total. The van der Waals surface area contributed by atoms with E-state index in [2.05, 4.69) is 313 Å². The molecule has 14 aromatic carbocycles. The number of nitrogens with zero attached hydrogens (tertiary/aromatic N) is 2. The van der Waals surface area contributed by atoms with Gasteiger partial charge in [-0.05, 0) is 195 Å². The van der Waals surface area contributed by atoms with Gasteiger partial charge in [0.2, 0.25) is 0 Å². The first-order chi connectivity index (χ1) is 37.7. The Balaban J connectivity index is 0.867. The fourth-order valence-electron chi connectivity index (χ4n) is 11.4. The molecule has 76 heavy (non-hydrogen) atoms. The predicted octanol–water partition coefficient (Wildman–Crippen LogP) is 21.1. The van der Waals surface area contributed by atoms with E-state index in [0.29, 0.717) is 0 Å². The second-order valence-corrected chi connectivity index (χ2v) is 19.7. The Bertz CT molecular complexity index is 4420. The maximum Gasteiger partial charge on any atom is 0.0468 e. The molecule has 0 atom stereocenters. The highest BCUT2D eigenvalue weighted by Crippen LogP contribution is 2.46. The molecule has 0 unspecified atom stereocenters. The number of rotatable bonds is 10. The molecule has 0 heterocycles. The zero-order chi connectivity index (χ0) is 50.4. The Hall–Kier alpha value is -10.0. The molecule has 0 aliphatic carbocycles. The number of hydrogen-bond acceptors (Lipinski definition) is 2. The van der Waals surface area contributed by atoms with Crippen LogP contribution >= 0.6 is 0 Å². The summed E-state index contributed by atoms with van der Waals surface area (Å²) in [6.45, 7) is 0. The van der Waals surface area contributed by atoms with E-state index in [9.17, 15) is 0 Å². The third kappa shape index (κ3) is 8.19. The third-order valence-corrected chi connectivity index (χ3v) is 15.2. The first-order valence-corrected chi connectivity index (χ1v) is 26.1. The fraction of sp³-hybridized carbons (Fsp3) is 0. The van der Waals surface area contributed by atoms with Crippen molar-refractivity contribution in [2.45, 2.75) is 0 Å². The lowest BCUT2D eigenvalue weighted by Gasteiger charge is -2.26. The zero-order valence-corrected chi connectivity index (χ0v) is 41.8. The van der Waals surface area contributed by atoms with E-state index in [-0.39, 0.29) is 0 Å². The number of hydrogen-bond donors (Lipinski definition) is 0. The van der Waals surface area contributed by atoms with Crippen molar-refractivity contribution in [2.24, 2.45) is 0 Å². The normalized spacial score (nSPS) is 11.4. The lowest BCUT2D eigenvalue weighted by Crippen LogP contribution is -2.09. The summed E-state index contributed by atoms with van der Waals surface area (Å²) in [5.41, 5.74) is 16.1. The molecule has 0 radical (unpaired) electrons. The molecule has 0 saturated heterocycles. The van der Waals surface area contributed by atoms with E-state index in [1.165, 1.54) is 92.8 Å². The average molecular weight is 967 g/mol. The van der Waals surface area contributed by atoms with Crippen molar-refractivity contribution in [3.63, 3.8) is 0 Å². The minimum absolute atomic E-state index is 1.09. The molecule has 0 spiro atoms. The molecule has 0 saturated carbocycles. The molecule has 2 heteroatoms. The monoisotopic (exact) mass is 966 g/mol. The van der Waals surface area contributed by atoms with E-state index in [1.807, 2.05) is 0 Å². The van der Waals surface area contributed by atoms with Gasteiger partial charge in [0.05, 0.1) is 0 Å². The minimum Gasteiger partial charge on any atom is -0.311 e. The fourth-order valence-corrected chi connectivity index (χ4v) is 11.4. The van der Waals surface area contributed by atoms with Crippen LogP contribution in [0.25, 0.3) is 98.4 Å². The average Bonchev–Trinajstić information content (AvgIpc) is 3.57. The standard InChI is InChI=1S/C74H50N2/c1-4-18-55(19-5-1)70-49-74-69-45-44-66(76(62-24-8-3-9-25-62)65-40-34-54(35-41-65)60-31-29-52-17-11-13-21-58(52)47-60)48-72(69)67-26-14-15-27-68(67)73(74)50-71(70)56-36-42-64(43-37-56)75(61-22-6-2-7-23-61)63-38-32-53(33-39-63)59-30-28-51-16-10-12-20-57(51)46-59/h1-50H. The molecule has 0 bridgehead atoms. The summed E-state index contributed by atoms with van der Waals surface area (Å²) in [5, 5.41) is 12.4. The number of fused-ring (bicyclic) bond motifs is 8. The maximum atomic E-state index is 2.44. The van der Waals surface area contributed by atoms with Gasteiger partial charge in [-0.1, -0.05) is 206 Å². The maximum absolute atomic E-state index is 2.44. The van der Waals surface area contributed by atoms with Gasteiger partial charge in [0.25, 0.3) is 0 Å². The molecule has 0 amide bonds. The van der Waals surface area contributed by atoms with Crippen molar-refractivity contribution >= 4 is 88.0 Å². The quantitative estimate of drug-likeness (QED) is 0.126. The smallest absolute Gasteiger partial charge is 0.0468 e. The number of anilines is 6. The van der Waals surface area contributed by atoms with E-state index in [4.69, 9.17) is 0 Å². The van der Waals surface area contributed by atoms with Crippen molar-refractivity contribution < 1.29 is 0 Å². The highest BCUT2D eigenvalue weighted by Gasteiger charge is 2.20. The predicted molar refractivity (Wildman–Crippen MR) is 325 cm³/mol. The lowest BCUT2D eigenvalue weighted by atomic mass is 9.87. The first-order valence-electron chi connectivity index (χ1n) is 26.1. The summed E-state index contributed by atoms with van der Waals surface area (Å²) < 4.78 is 0. The summed E-state index contributed by atoms with van der Waals surface area (Å²) in [7, 11) is 0. The Morgan fingerprint density at radius 3 is 0.947 bits per heavy atom. The highest BCUT2D eigenvalue weighted by molar-refractivity contribution is 6.27. The third-order valence-electron chi connectivity index (χ3n) is 15.2. The van der Waals surface area contributed by atoms with Gasteiger partial charge in [-0.2, -0.15) is 0 Å². The Morgan fingerprint density at radius 2 is 0.474 bits per heavy atom. The molecular formula is C74H50N2. The van der Waals surface area contributed by atoms with Crippen molar-refractivity contribution in [1.82, 2.24) is 0 Å². The Kier molecular flexibility index (Phi) is 11.2. The zero-order valence-electron chi connectivity index (χ0n) is 41.8. The summed E-state index contributed by atoms with van der Waals surface area (Å²) in [6, 6.07) is 111. The van der Waals surface area contributed by atoms with Gasteiger partial charge in [-0.3, -0.25) is 0 Å². The molecule has 0 N–H and O–H groups in total. The lowest BCUT2D eigenvalue weighted by molar-refractivity contribution is 1.28. The molecule has 14 aromatic rings. The van der Waals surface area contributed by atoms with E-state index >= 15 is 0 Å². The van der Waals surface area contributed by atoms with Crippen LogP contribution in [-0.2, 0) is 0 Å². The highest BCUT2D eigenvalue weighted by atomic mass is 15.1. The first kappa shape index (κ1) is 44.7. The second kappa shape index (κ2) is 19.1. The molecule has 0 aliphatic heterocycles. The van der Waals surface area contributed by atoms with E-state index in [0.717, 1.165) is 39.7 Å². The van der Waals surface area contributed by atoms with Crippen molar-refractivity contribution in [3.8, 4) is 44.5 Å². The van der Waals surface area contributed by atoms with Crippen molar-refractivity contribution in [1.29, 1.82) is 0 Å². The molecular weight excluding hydrogens is 917 g/mol. The van der Waals surface area contributed by atoms with E-state index < -0.39 is 0 Å². The van der Waals surface area contributed by atoms with Gasteiger partial charge in [0.15, 0.2) is 0 Å². The molecule has 0 aromatic heterocycles. The summed E-state index contributed by atoms with van der Waals surface area (Å²) in [6.07, 6.45) is 0. The van der Waals surface area contributed by atoms with Crippen molar-refractivity contribution in [3.05, 3.63) is 303 Å². The van der Waals surface area contributed by atoms with Crippen LogP contribution in [-0.4, -0.2) is 0 Å². The van der Waals surface area contributed by atoms with Crippen LogP contribution in [0.5, 0.6) is 0 Å². The number of para-hydroxylation sites is 2. The van der Waals surface area contributed by atoms with Crippen LogP contribution in [0.4, 0.5) is 34.1 Å². The van der Waals surface area contributed by atoms with Gasteiger partial charge in [0, 0.05) is 34.1 Å². The topological polar surface area (TPSA) is 6.48 Å². The van der Waals surface area contributed by atoms with Crippen molar-refractivity contribution in [2.75, 3.05) is 9.80 Å². The second-order valence-electron chi connectivity index (χ2n) is 19.7. The summed E-state index contributed by atoms with van der Waals surface area (Å²) in [5.74, 6) is 0. The minimum atomic E-state index is 1.09. The number of benzene rings is 14. The van der Waals surface area contributed by atoms with Crippen LogP contribution in [0.2, 0.25) is 0 Å².